The summed E-state index contributed by atoms with van der Waals surface area (Å²) in [5.41, 5.74) is 0. The number of hydrogen-bond donors (Lipinski definition) is 2. The van der Waals surface area contributed by atoms with Gasteiger partial charge in [-0.05, 0) is 25.6 Å². The number of thioether (sulfide) groups is 1. The number of aromatic nitrogens is 2. The van der Waals surface area contributed by atoms with Gasteiger partial charge in [0.1, 0.15) is 11.0 Å². The summed E-state index contributed by atoms with van der Waals surface area (Å²) in [5.74, 6) is 0.807. The zero-order valence-electron chi connectivity index (χ0n) is 9.87. The molecule has 1 fully saturated rings. The maximum Gasteiger partial charge on any atom is 0.190 e. The smallest absolute Gasteiger partial charge is 0.190 e. The molecule has 1 atom stereocenters. The van der Waals surface area contributed by atoms with E-state index in [-0.39, 0.29) is 0 Å². The maximum absolute atomic E-state index is 5.93. The largest absolute Gasteiger partial charge is 0.368 e. The van der Waals surface area contributed by atoms with Crippen LogP contribution in [0.4, 0.5) is 5.82 Å². The lowest BCUT2D eigenvalue weighted by molar-refractivity contribution is 0.414. The fourth-order valence-corrected chi connectivity index (χ4v) is 2.52. The molecule has 2 rings (SSSR count). The molecule has 1 aliphatic heterocycles. The van der Waals surface area contributed by atoms with Crippen LogP contribution in [0, 0.1) is 0 Å². The molecule has 17 heavy (non-hydrogen) atoms. The molecule has 1 saturated heterocycles. The van der Waals surface area contributed by atoms with Gasteiger partial charge in [-0.2, -0.15) is 0 Å². The molecule has 0 saturated carbocycles. The van der Waals surface area contributed by atoms with Gasteiger partial charge in [-0.15, -0.1) is 0 Å². The van der Waals surface area contributed by atoms with E-state index >= 15 is 0 Å². The highest BCUT2D eigenvalue weighted by Gasteiger charge is 2.12. The second-order valence-electron chi connectivity index (χ2n) is 4.09. The Balaban J connectivity index is 1.91. The Morgan fingerprint density at radius 1 is 1.53 bits per heavy atom. The van der Waals surface area contributed by atoms with Gasteiger partial charge >= 0.3 is 0 Å². The Morgan fingerprint density at radius 2 is 2.41 bits per heavy atom. The van der Waals surface area contributed by atoms with Crippen LogP contribution >= 0.6 is 23.4 Å². The molecule has 0 bridgehead atoms. The first kappa shape index (κ1) is 12.9. The molecular weight excluding hydrogens is 256 g/mol. The Labute approximate surface area is 111 Å². The lowest BCUT2D eigenvalue weighted by Crippen LogP contribution is -2.39. The first-order valence-corrected chi connectivity index (χ1v) is 7.44. The van der Waals surface area contributed by atoms with Crippen molar-refractivity contribution in [3.05, 3.63) is 11.2 Å². The van der Waals surface area contributed by atoms with E-state index in [9.17, 15) is 0 Å². The van der Waals surface area contributed by atoms with Gasteiger partial charge in [0.25, 0.3) is 0 Å². The minimum atomic E-state index is 0.489. The number of anilines is 1. The zero-order valence-corrected chi connectivity index (χ0v) is 11.4. The second kappa shape index (κ2) is 6.42. The summed E-state index contributed by atoms with van der Waals surface area (Å²) in [7, 11) is 0. The molecule has 0 aromatic carbocycles. The van der Waals surface area contributed by atoms with Crippen molar-refractivity contribution in [2.24, 2.45) is 0 Å². The normalized spacial score (nSPS) is 20.2. The van der Waals surface area contributed by atoms with Gasteiger partial charge in [0.15, 0.2) is 5.16 Å². The molecule has 1 aromatic heterocycles. The molecular formula is C11H17ClN4S. The van der Waals surface area contributed by atoms with Crippen LogP contribution < -0.4 is 10.6 Å². The van der Waals surface area contributed by atoms with Gasteiger partial charge in [0, 0.05) is 18.7 Å². The number of nitrogens with one attached hydrogen (secondary N) is 2. The topological polar surface area (TPSA) is 49.8 Å². The maximum atomic E-state index is 5.93. The molecule has 0 spiro atoms. The second-order valence-corrected chi connectivity index (χ2v) is 5.25. The van der Waals surface area contributed by atoms with Crippen molar-refractivity contribution in [3.63, 3.8) is 0 Å². The first-order chi connectivity index (χ1) is 8.28. The predicted octanol–water partition coefficient (Wildman–Crippen LogP) is 2.41. The lowest BCUT2D eigenvalue weighted by atomic mass is 10.1. The average Bonchev–Trinajstić information content (AvgIpc) is 2.37. The minimum absolute atomic E-state index is 0.489. The highest BCUT2D eigenvalue weighted by Crippen LogP contribution is 2.17. The quantitative estimate of drug-likeness (QED) is 0.501. The van der Waals surface area contributed by atoms with Gasteiger partial charge in [-0.1, -0.05) is 29.8 Å². The third-order valence-corrected chi connectivity index (χ3v) is 3.54. The Hall–Kier alpha value is -0.520. The Bertz CT molecular complexity index is 368. The molecule has 6 heteroatoms. The van der Waals surface area contributed by atoms with Crippen molar-refractivity contribution in [3.8, 4) is 0 Å². The molecule has 94 valence electrons. The van der Waals surface area contributed by atoms with E-state index in [4.69, 9.17) is 11.6 Å². The van der Waals surface area contributed by atoms with Crippen molar-refractivity contribution in [1.29, 1.82) is 0 Å². The number of halogens is 1. The summed E-state index contributed by atoms with van der Waals surface area (Å²) in [6, 6.07) is 2.31. The zero-order chi connectivity index (χ0) is 12.1. The number of hydrogen-bond acceptors (Lipinski definition) is 5. The SMILES string of the molecule is CSc1nc(Cl)cc(NC[C@@H]2CCCCN2)n1. The standard InChI is InChI=1S/C11H17ClN4S/c1-17-11-15-9(12)6-10(16-11)14-7-8-4-2-3-5-13-8/h6,8,13H,2-5,7H2,1H3,(H,14,15,16)/t8-/m0/s1. The molecule has 0 aliphatic carbocycles. The van der Waals surface area contributed by atoms with E-state index in [1.54, 1.807) is 6.07 Å². The fourth-order valence-electron chi connectivity index (χ4n) is 1.90. The number of rotatable bonds is 4. The molecule has 4 nitrogen and oxygen atoms in total. The van der Waals surface area contributed by atoms with Crippen molar-refractivity contribution in [1.82, 2.24) is 15.3 Å². The highest BCUT2D eigenvalue weighted by molar-refractivity contribution is 7.98. The van der Waals surface area contributed by atoms with E-state index < -0.39 is 0 Å². The Kier molecular flexibility index (Phi) is 4.88. The van der Waals surface area contributed by atoms with E-state index in [0.29, 0.717) is 16.4 Å². The molecule has 1 aliphatic rings. The molecule has 0 amide bonds. The molecule has 2 heterocycles. The van der Waals surface area contributed by atoms with E-state index in [1.165, 1.54) is 31.0 Å². The lowest BCUT2D eigenvalue weighted by Gasteiger charge is -2.23. The number of piperidine rings is 1. The summed E-state index contributed by atoms with van der Waals surface area (Å²) >= 11 is 7.43. The third-order valence-electron chi connectivity index (χ3n) is 2.80. The van der Waals surface area contributed by atoms with Crippen LogP contribution in [0.15, 0.2) is 11.2 Å². The molecule has 1 aromatic rings. The monoisotopic (exact) mass is 272 g/mol. The van der Waals surface area contributed by atoms with Crippen LogP contribution in [-0.4, -0.2) is 35.4 Å². The van der Waals surface area contributed by atoms with Gasteiger partial charge in [0.05, 0.1) is 0 Å². The van der Waals surface area contributed by atoms with Crippen molar-refractivity contribution in [2.45, 2.75) is 30.5 Å². The van der Waals surface area contributed by atoms with Gasteiger partial charge in [-0.3, -0.25) is 0 Å². The van der Waals surface area contributed by atoms with E-state index in [0.717, 1.165) is 18.9 Å². The van der Waals surface area contributed by atoms with Crippen LogP contribution in [-0.2, 0) is 0 Å². The van der Waals surface area contributed by atoms with Crippen LogP contribution in [0.25, 0.3) is 0 Å². The molecule has 0 radical (unpaired) electrons. The Morgan fingerprint density at radius 3 is 3.12 bits per heavy atom. The first-order valence-electron chi connectivity index (χ1n) is 5.84. The van der Waals surface area contributed by atoms with Crippen LogP contribution in [0.5, 0.6) is 0 Å². The van der Waals surface area contributed by atoms with Crippen molar-refractivity contribution < 1.29 is 0 Å². The van der Waals surface area contributed by atoms with Gasteiger partial charge in [-0.25, -0.2) is 9.97 Å². The van der Waals surface area contributed by atoms with Crippen LogP contribution in [0.2, 0.25) is 5.15 Å². The predicted molar refractivity (Wildman–Crippen MR) is 73.0 cm³/mol. The molecule has 0 unspecified atom stereocenters. The van der Waals surface area contributed by atoms with Crippen molar-refractivity contribution >= 4 is 29.2 Å². The summed E-state index contributed by atoms with van der Waals surface area (Å²) < 4.78 is 0. The highest BCUT2D eigenvalue weighted by atomic mass is 35.5. The molecule has 2 N–H and O–H groups in total. The van der Waals surface area contributed by atoms with Gasteiger partial charge < -0.3 is 10.6 Å². The van der Waals surface area contributed by atoms with E-state index in [2.05, 4.69) is 20.6 Å². The summed E-state index contributed by atoms with van der Waals surface area (Å²) in [6.07, 6.45) is 5.76. The van der Waals surface area contributed by atoms with Crippen molar-refractivity contribution in [2.75, 3.05) is 24.7 Å². The minimum Gasteiger partial charge on any atom is -0.368 e. The van der Waals surface area contributed by atoms with Crippen LogP contribution in [0.3, 0.4) is 0 Å². The van der Waals surface area contributed by atoms with Crippen LogP contribution in [0.1, 0.15) is 19.3 Å². The summed E-state index contributed by atoms with van der Waals surface area (Å²) in [6.45, 7) is 2.01. The van der Waals surface area contributed by atoms with Gasteiger partial charge in [0.2, 0.25) is 0 Å². The van der Waals surface area contributed by atoms with E-state index in [1.807, 2.05) is 6.26 Å². The summed E-state index contributed by atoms with van der Waals surface area (Å²) in [4.78, 5) is 8.47. The fraction of sp³-hybridized carbons (Fsp3) is 0.636. The summed E-state index contributed by atoms with van der Waals surface area (Å²) in [5, 5.41) is 8.00. The number of nitrogens with zero attached hydrogens (tertiary/aromatic N) is 2. The average molecular weight is 273 g/mol. The third kappa shape index (κ3) is 4.01.